The molecule has 0 saturated heterocycles. The molecule has 23 heavy (non-hydrogen) atoms. The molecule has 0 aliphatic carbocycles. The summed E-state index contributed by atoms with van der Waals surface area (Å²) < 4.78 is 0. The summed E-state index contributed by atoms with van der Waals surface area (Å²) in [5, 5.41) is 5.67. The molecule has 3 rings (SSSR count). The molecule has 3 amide bonds. The van der Waals surface area contributed by atoms with Crippen molar-refractivity contribution in [3.8, 4) is 0 Å². The number of hydrogen-bond donors (Lipinski definition) is 2. The molecule has 2 N–H and O–H groups in total. The van der Waals surface area contributed by atoms with Gasteiger partial charge < -0.3 is 5.32 Å². The topological polar surface area (TPSA) is 75.3 Å². The van der Waals surface area contributed by atoms with Gasteiger partial charge in [-0.3, -0.25) is 19.7 Å². The summed E-state index contributed by atoms with van der Waals surface area (Å²) in [6.45, 7) is 0. The van der Waals surface area contributed by atoms with Crippen LogP contribution in [0.4, 0.5) is 5.69 Å². The van der Waals surface area contributed by atoms with Crippen molar-refractivity contribution >= 4 is 46.6 Å². The Hall–Kier alpha value is -2.37. The number of nitrogens with one attached hydrogen (secondary N) is 2. The lowest BCUT2D eigenvalue weighted by atomic mass is 10.1. The van der Waals surface area contributed by atoms with Crippen molar-refractivity contribution in [2.24, 2.45) is 0 Å². The van der Waals surface area contributed by atoms with Gasteiger partial charge in [-0.05, 0) is 35.9 Å². The fourth-order valence-electron chi connectivity index (χ4n) is 2.31. The number of benzene rings is 2. The molecule has 1 aliphatic heterocycles. The third kappa shape index (κ3) is 3.06. The molecule has 0 atom stereocenters. The Labute approximate surface area is 141 Å². The maximum atomic E-state index is 12.1. The van der Waals surface area contributed by atoms with Crippen molar-refractivity contribution in [2.75, 3.05) is 5.32 Å². The number of carbonyl (C=O) groups excluding carboxylic acids is 3. The van der Waals surface area contributed by atoms with Crippen LogP contribution in [0.5, 0.6) is 0 Å². The molecule has 0 bridgehead atoms. The Morgan fingerprint density at radius 2 is 1.65 bits per heavy atom. The van der Waals surface area contributed by atoms with E-state index in [2.05, 4.69) is 10.6 Å². The molecule has 0 saturated carbocycles. The number of amides is 3. The molecule has 0 aromatic heterocycles. The number of halogens is 2. The highest BCUT2D eigenvalue weighted by Crippen LogP contribution is 2.25. The first kappa shape index (κ1) is 15.5. The largest absolute Gasteiger partial charge is 0.326 e. The van der Waals surface area contributed by atoms with Crippen LogP contribution in [-0.4, -0.2) is 17.7 Å². The molecule has 0 spiro atoms. The molecule has 2 aromatic carbocycles. The van der Waals surface area contributed by atoms with Crippen LogP contribution in [0.25, 0.3) is 0 Å². The van der Waals surface area contributed by atoms with Gasteiger partial charge in [0, 0.05) is 15.7 Å². The third-order valence-corrected chi connectivity index (χ3v) is 4.13. The lowest BCUT2D eigenvalue weighted by Gasteiger charge is -2.09. The van der Waals surface area contributed by atoms with E-state index in [4.69, 9.17) is 23.2 Å². The van der Waals surface area contributed by atoms with Crippen LogP contribution in [-0.2, 0) is 11.2 Å². The summed E-state index contributed by atoms with van der Waals surface area (Å²) in [5.74, 6) is -1.24. The van der Waals surface area contributed by atoms with Crippen molar-refractivity contribution < 1.29 is 14.4 Å². The first-order valence-corrected chi connectivity index (χ1v) is 7.44. The quantitative estimate of drug-likeness (QED) is 0.837. The van der Waals surface area contributed by atoms with Gasteiger partial charge in [0.2, 0.25) is 5.91 Å². The average molecular weight is 349 g/mol. The van der Waals surface area contributed by atoms with Gasteiger partial charge in [0.1, 0.15) is 0 Å². The molecule has 116 valence electrons. The monoisotopic (exact) mass is 348 g/mol. The SMILES string of the molecule is O=C(Cc1c(Cl)cccc1Cl)Nc1ccc2c(c1)C(=O)NC2=O. The van der Waals surface area contributed by atoms with Crippen LogP contribution in [0, 0.1) is 0 Å². The van der Waals surface area contributed by atoms with Crippen molar-refractivity contribution in [3.63, 3.8) is 0 Å². The molecule has 7 heteroatoms. The summed E-state index contributed by atoms with van der Waals surface area (Å²) >= 11 is 12.1. The minimum Gasteiger partial charge on any atom is -0.326 e. The summed E-state index contributed by atoms with van der Waals surface area (Å²) in [7, 11) is 0. The van der Waals surface area contributed by atoms with Gasteiger partial charge in [0.15, 0.2) is 0 Å². The Morgan fingerprint density at radius 3 is 2.35 bits per heavy atom. The predicted molar refractivity (Wildman–Crippen MR) is 87.0 cm³/mol. The zero-order valence-corrected chi connectivity index (χ0v) is 13.2. The number of rotatable bonds is 3. The summed E-state index contributed by atoms with van der Waals surface area (Å²) in [5.41, 5.74) is 1.48. The minimum atomic E-state index is -0.477. The van der Waals surface area contributed by atoms with Gasteiger partial charge in [-0.15, -0.1) is 0 Å². The first-order chi connectivity index (χ1) is 11.0. The van der Waals surface area contributed by atoms with E-state index in [1.165, 1.54) is 12.1 Å². The van der Waals surface area contributed by atoms with E-state index in [1.807, 2.05) is 0 Å². The molecule has 0 fully saturated rings. The van der Waals surface area contributed by atoms with Gasteiger partial charge in [-0.25, -0.2) is 0 Å². The van der Waals surface area contributed by atoms with Crippen molar-refractivity contribution in [2.45, 2.75) is 6.42 Å². The van der Waals surface area contributed by atoms with Crippen molar-refractivity contribution in [1.82, 2.24) is 5.32 Å². The second-order valence-electron chi connectivity index (χ2n) is 4.97. The molecule has 1 heterocycles. The second kappa shape index (κ2) is 6.02. The number of anilines is 1. The molecule has 0 radical (unpaired) electrons. The van der Waals surface area contributed by atoms with Crippen LogP contribution in [0.2, 0.25) is 10.0 Å². The minimum absolute atomic E-state index is 0.000713. The molecular formula is C16H10Cl2N2O3. The number of imide groups is 1. The molecule has 1 aliphatic rings. The highest BCUT2D eigenvalue weighted by molar-refractivity contribution is 6.36. The van der Waals surface area contributed by atoms with Crippen molar-refractivity contribution in [1.29, 1.82) is 0 Å². The van der Waals surface area contributed by atoms with Gasteiger partial charge in [0.25, 0.3) is 11.8 Å². The first-order valence-electron chi connectivity index (χ1n) is 6.68. The lowest BCUT2D eigenvalue weighted by molar-refractivity contribution is -0.115. The van der Waals surface area contributed by atoms with E-state index < -0.39 is 11.8 Å². The van der Waals surface area contributed by atoms with Crippen molar-refractivity contribution in [3.05, 3.63) is 63.1 Å². The van der Waals surface area contributed by atoms with E-state index >= 15 is 0 Å². The number of fused-ring (bicyclic) bond motifs is 1. The summed E-state index contributed by atoms with van der Waals surface area (Å²) in [6.07, 6.45) is 0.000713. The fourth-order valence-corrected chi connectivity index (χ4v) is 2.84. The van der Waals surface area contributed by atoms with E-state index in [-0.39, 0.29) is 17.9 Å². The molecular weight excluding hydrogens is 339 g/mol. The van der Waals surface area contributed by atoms with E-state index in [0.29, 0.717) is 26.9 Å². The number of carbonyl (C=O) groups is 3. The van der Waals surface area contributed by atoms with Crippen LogP contribution < -0.4 is 10.6 Å². The fraction of sp³-hybridized carbons (Fsp3) is 0.0625. The summed E-state index contributed by atoms with van der Waals surface area (Å²) in [4.78, 5) is 35.2. The highest BCUT2D eigenvalue weighted by Gasteiger charge is 2.26. The molecule has 5 nitrogen and oxygen atoms in total. The Morgan fingerprint density at radius 1 is 1.00 bits per heavy atom. The lowest BCUT2D eigenvalue weighted by Crippen LogP contribution is -2.19. The predicted octanol–water partition coefficient (Wildman–Crippen LogP) is 3.06. The smallest absolute Gasteiger partial charge is 0.259 e. The van der Waals surface area contributed by atoms with Gasteiger partial charge in [-0.1, -0.05) is 29.3 Å². The van der Waals surface area contributed by atoms with E-state index in [0.717, 1.165) is 0 Å². The Bertz CT molecular complexity index is 829. The van der Waals surface area contributed by atoms with Crippen LogP contribution in [0.1, 0.15) is 26.3 Å². The van der Waals surface area contributed by atoms with Crippen LogP contribution in [0.3, 0.4) is 0 Å². The van der Waals surface area contributed by atoms with Crippen LogP contribution in [0.15, 0.2) is 36.4 Å². The van der Waals surface area contributed by atoms with E-state index in [9.17, 15) is 14.4 Å². The zero-order chi connectivity index (χ0) is 16.6. The number of hydrogen-bond acceptors (Lipinski definition) is 3. The molecule has 0 unspecified atom stereocenters. The third-order valence-electron chi connectivity index (χ3n) is 3.42. The average Bonchev–Trinajstić information content (AvgIpc) is 2.78. The van der Waals surface area contributed by atoms with E-state index in [1.54, 1.807) is 24.3 Å². The normalized spacial score (nSPS) is 12.8. The van der Waals surface area contributed by atoms with Gasteiger partial charge >= 0.3 is 0 Å². The maximum Gasteiger partial charge on any atom is 0.259 e. The Kier molecular flexibility index (Phi) is 4.07. The zero-order valence-electron chi connectivity index (χ0n) is 11.7. The Balaban J connectivity index is 1.78. The van der Waals surface area contributed by atoms with Gasteiger partial charge in [0.05, 0.1) is 17.5 Å². The van der Waals surface area contributed by atoms with Crippen LogP contribution >= 0.6 is 23.2 Å². The summed E-state index contributed by atoms with van der Waals surface area (Å²) in [6, 6.07) is 9.52. The maximum absolute atomic E-state index is 12.1. The van der Waals surface area contributed by atoms with Gasteiger partial charge in [-0.2, -0.15) is 0 Å². The second-order valence-corrected chi connectivity index (χ2v) is 5.78. The highest BCUT2D eigenvalue weighted by atomic mass is 35.5. The standard InChI is InChI=1S/C16H10Cl2N2O3/c17-12-2-1-3-13(18)11(12)7-14(21)19-8-4-5-9-10(6-8)16(23)20-15(9)22/h1-6H,7H2,(H,19,21)(H,20,22,23). The molecule has 2 aromatic rings.